The minimum Gasteiger partial charge on any atom is -0.489 e. The van der Waals surface area contributed by atoms with Crippen molar-refractivity contribution in [2.24, 2.45) is 0 Å². The van der Waals surface area contributed by atoms with Crippen molar-refractivity contribution in [1.82, 2.24) is 9.78 Å². The highest BCUT2D eigenvalue weighted by molar-refractivity contribution is 5.94. The van der Waals surface area contributed by atoms with Gasteiger partial charge in [-0.1, -0.05) is 56.2 Å². The predicted octanol–water partition coefficient (Wildman–Crippen LogP) is 6.56. The highest BCUT2D eigenvalue weighted by Crippen LogP contribution is 2.36. The van der Waals surface area contributed by atoms with Crippen molar-refractivity contribution in [2.45, 2.75) is 57.6 Å². The molecule has 0 radical (unpaired) electrons. The molecule has 0 aliphatic heterocycles. The summed E-state index contributed by atoms with van der Waals surface area (Å²) in [4.78, 5) is 11.0. The average molecular weight is 470 g/mol. The van der Waals surface area contributed by atoms with Gasteiger partial charge in [-0.05, 0) is 60.2 Å². The van der Waals surface area contributed by atoms with Crippen LogP contribution in [-0.2, 0) is 11.4 Å². The Balaban J connectivity index is 1.39. The first-order chi connectivity index (χ1) is 17.0. The van der Waals surface area contributed by atoms with Gasteiger partial charge in [0.2, 0.25) is 0 Å². The molecule has 1 unspecified atom stereocenters. The maximum atomic E-state index is 11.0. The molecule has 1 atom stereocenters. The van der Waals surface area contributed by atoms with Crippen LogP contribution in [0.5, 0.6) is 5.75 Å². The summed E-state index contributed by atoms with van der Waals surface area (Å²) in [6.07, 6.45) is 4.92. The standard InChI is InChI=1S/C29H31N3O3/c1-19(16-28(33)34)21-9-13-25(14-10-21)35-18-20-6-15-26-27(17-20)32(24-4-2-3-5-24)31-29(26)22-7-11-23(30)12-8-22/h6-15,17,19,24H,2-5,16,18,30H2,1H3,(H,33,34). The van der Waals surface area contributed by atoms with Gasteiger partial charge in [-0.15, -0.1) is 0 Å². The van der Waals surface area contributed by atoms with E-state index in [1.165, 1.54) is 12.8 Å². The third-order valence-electron chi connectivity index (χ3n) is 6.96. The molecule has 6 heteroatoms. The van der Waals surface area contributed by atoms with E-state index in [4.69, 9.17) is 20.7 Å². The van der Waals surface area contributed by atoms with E-state index in [-0.39, 0.29) is 12.3 Å². The minimum absolute atomic E-state index is 0.0323. The van der Waals surface area contributed by atoms with E-state index in [9.17, 15) is 4.79 Å². The first-order valence-corrected chi connectivity index (χ1v) is 12.3. The number of nitrogens with zero attached hydrogens (tertiary/aromatic N) is 2. The molecule has 3 aromatic carbocycles. The number of carboxylic acid groups (broad SMARTS) is 1. The summed E-state index contributed by atoms with van der Waals surface area (Å²) in [5.74, 6) is -0.0528. The fraction of sp³-hybridized carbons (Fsp3) is 0.310. The molecule has 6 nitrogen and oxygen atoms in total. The lowest BCUT2D eigenvalue weighted by Gasteiger charge is -2.13. The van der Waals surface area contributed by atoms with Crippen molar-refractivity contribution >= 4 is 22.6 Å². The Morgan fingerprint density at radius 1 is 1.09 bits per heavy atom. The molecular weight excluding hydrogens is 438 g/mol. The Morgan fingerprint density at radius 2 is 1.80 bits per heavy atom. The summed E-state index contributed by atoms with van der Waals surface area (Å²) < 4.78 is 8.29. The van der Waals surface area contributed by atoms with E-state index in [2.05, 4.69) is 22.9 Å². The van der Waals surface area contributed by atoms with E-state index in [1.807, 2.05) is 55.5 Å². The second-order valence-electron chi connectivity index (χ2n) is 9.56. The van der Waals surface area contributed by atoms with Gasteiger partial charge in [0.1, 0.15) is 18.1 Å². The lowest BCUT2D eigenvalue weighted by Crippen LogP contribution is -2.06. The number of benzene rings is 3. The van der Waals surface area contributed by atoms with Gasteiger partial charge in [-0.3, -0.25) is 9.48 Å². The molecule has 0 bridgehead atoms. The third kappa shape index (κ3) is 5.02. The largest absolute Gasteiger partial charge is 0.489 e. The zero-order chi connectivity index (χ0) is 24.4. The second-order valence-corrected chi connectivity index (χ2v) is 9.56. The first kappa shape index (κ1) is 23.0. The van der Waals surface area contributed by atoms with Gasteiger partial charge in [0.15, 0.2) is 0 Å². The van der Waals surface area contributed by atoms with Crippen LogP contribution in [0, 0.1) is 0 Å². The number of fused-ring (bicyclic) bond motifs is 1. The number of aromatic nitrogens is 2. The summed E-state index contributed by atoms with van der Waals surface area (Å²) in [5.41, 5.74) is 11.9. The highest BCUT2D eigenvalue weighted by atomic mass is 16.5. The number of hydrogen-bond acceptors (Lipinski definition) is 4. The van der Waals surface area contributed by atoms with E-state index < -0.39 is 5.97 Å². The molecule has 4 aromatic rings. The molecule has 1 aromatic heterocycles. The average Bonchev–Trinajstić information content (AvgIpc) is 3.51. The molecule has 0 saturated heterocycles. The van der Waals surface area contributed by atoms with Gasteiger partial charge in [0, 0.05) is 16.6 Å². The summed E-state index contributed by atoms with van der Waals surface area (Å²) in [5, 5.41) is 15.2. The zero-order valence-electron chi connectivity index (χ0n) is 20.0. The maximum absolute atomic E-state index is 11.0. The lowest BCUT2D eigenvalue weighted by molar-refractivity contribution is -0.137. The molecule has 1 aliphatic carbocycles. The van der Waals surface area contributed by atoms with Crippen LogP contribution in [0.15, 0.2) is 66.7 Å². The number of rotatable bonds is 8. The van der Waals surface area contributed by atoms with Gasteiger partial charge in [0.05, 0.1) is 18.0 Å². The van der Waals surface area contributed by atoms with Crippen LogP contribution < -0.4 is 10.5 Å². The predicted molar refractivity (Wildman–Crippen MR) is 139 cm³/mol. The number of nitrogens with two attached hydrogens (primary N) is 1. The van der Waals surface area contributed by atoms with E-state index in [0.29, 0.717) is 12.6 Å². The van der Waals surface area contributed by atoms with Gasteiger partial charge >= 0.3 is 5.97 Å². The minimum atomic E-state index is -0.787. The molecule has 0 spiro atoms. The normalized spacial score (nSPS) is 14.9. The summed E-state index contributed by atoms with van der Waals surface area (Å²) >= 11 is 0. The number of carbonyl (C=O) groups is 1. The Bertz CT molecular complexity index is 1320. The van der Waals surface area contributed by atoms with Gasteiger partial charge in [-0.2, -0.15) is 5.10 Å². The van der Waals surface area contributed by atoms with Crippen molar-refractivity contribution in [3.05, 3.63) is 77.9 Å². The molecule has 1 aliphatic rings. The topological polar surface area (TPSA) is 90.4 Å². The summed E-state index contributed by atoms with van der Waals surface area (Å²) in [7, 11) is 0. The van der Waals surface area contributed by atoms with Crippen LogP contribution >= 0.6 is 0 Å². The van der Waals surface area contributed by atoms with Crippen molar-refractivity contribution in [2.75, 3.05) is 5.73 Å². The van der Waals surface area contributed by atoms with Crippen molar-refractivity contribution in [3.8, 4) is 17.0 Å². The van der Waals surface area contributed by atoms with Crippen LogP contribution in [0.4, 0.5) is 5.69 Å². The number of hydrogen-bond donors (Lipinski definition) is 2. The van der Waals surface area contributed by atoms with Crippen LogP contribution in [0.2, 0.25) is 0 Å². The number of carboxylic acids is 1. The molecule has 180 valence electrons. The monoisotopic (exact) mass is 469 g/mol. The van der Waals surface area contributed by atoms with Crippen molar-refractivity contribution < 1.29 is 14.6 Å². The summed E-state index contributed by atoms with van der Waals surface area (Å²) in [6.45, 7) is 2.37. The third-order valence-corrected chi connectivity index (χ3v) is 6.96. The van der Waals surface area contributed by atoms with Crippen LogP contribution in [-0.4, -0.2) is 20.9 Å². The van der Waals surface area contributed by atoms with E-state index in [1.54, 1.807) is 0 Å². The Labute approximate surface area is 205 Å². The molecule has 0 amide bonds. The van der Waals surface area contributed by atoms with Crippen LogP contribution in [0.25, 0.3) is 22.2 Å². The van der Waals surface area contributed by atoms with Crippen molar-refractivity contribution in [3.63, 3.8) is 0 Å². The molecule has 1 fully saturated rings. The maximum Gasteiger partial charge on any atom is 0.303 e. The van der Waals surface area contributed by atoms with Gasteiger partial charge in [0.25, 0.3) is 0 Å². The number of aliphatic carboxylic acids is 1. The highest BCUT2D eigenvalue weighted by Gasteiger charge is 2.22. The zero-order valence-corrected chi connectivity index (χ0v) is 20.0. The van der Waals surface area contributed by atoms with Crippen LogP contribution in [0.3, 0.4) is 0 Å². The molecule has 3 N–H and O–H groups in total. The van der Waals surface area contributed by atoms with Crippen molar-refractivity contribution in [1.29, 1.82) is 0 Å². The van der Waals surface area contributed by atoms with Gasteiger partial charge < -0.3 is 15.6 Å². The molecule has 5 rings (SSSR count). The SMILES string of the molecule is CC(CC(=O)O)c1ccc(OCc2ccc3c(-c4ccc(N)cc4)nn(C4CCCC4)c3c2)cc1. The number of anilines is 1. The fourth-order valence-electron chi connectivity index (χ4n) is 4.99. The molecule has 1 heterocycles. The number of nitrogen functional groups attached to an aromatic ring is 1. The van der Waals surface area contributed by atoms with Gasteiger partial charge in [-0.25, -0.2) is 0 Å². The fourth-order valence-corrected chi connectivity index (χ4v) is 4.99. The second kappa shape index (κ2) is 9.82. The molecular formula is C29H31N3O3. The van der Waals surface area contributed by atoms with E-state index in [0.717, 1.165) is 57.6 Å². The van der Waals surface area contributed by atoms with Crippen LogP contribution in [0.1, 0.15) is 62.1 Å². The Hall–Kier alpha value is -3.80. The first-order valence-electron chi connectivity index (χ1n) is 12.3. The smallest absolute Gasteiger partial charge is 0.303 e. The lowest BCUT2D eigenvalue weighted by atomic mass is 9.98. The quantitative estimate of drug-likeness (QED) is 0.285. The molecule has 35 heavy (non-hydrogen) atoms. The summed E-state index contributed by atoms with van der Waals surface area (Å²) in [6, 6.07) is 22.5. The Morgan fingerprint density at radius 3 is 2.49 bits per heavy atom. The Kier molecular flexibility index (Phi) is 6.45. The van der Waals surface area contributed by atoms with E-state index >= 15 is 0 Å². The number of ether oxygens (including phenoxy) is 1. The molecule has 1 saturated carbocycles.